The first kappa shape index (κ1) is 12.0. The summed E-state index contributed by atoms with van der Waals surface area (Å²) >= 11 is 0. The average Bonchev–Trinajstić information content (AvgIpc) is 2.63. The summed E-state index contributed by atoms with van der Waals surface area (Å²) in [6.07, 6.45) is 4.09. The molecule has 0 aliphatic heterocycles. The van der Waals surface area contributed by atoms with Crippen molar-refractivity contribution in [1.29, 1.82) is 0 Å². The van der Waals surface area contributed by atoms with E-state index >= 15 is 0 Å². The van der Waals surface area contributed by atoms with Crippen molar-refractivity contribution in [2.24, 2.45) is 5.92 Å². The molecule has 84 valence electrons. The summed E-state index contributed by atoms with van der Waals surface area (Å²) in [5.74, 6) is 0.599. The summed E-state index contributed by atoms with van der Waals surface area (Å²) in [5, 5.41) is 3.57. The predicted molar refractivity (Wildman–Crippen MR) is 57.5 cm³/mol. The van der Waals surface area contributed by atoms with Gasteiger partial charge in [-0.25, -0.2) is 0 Å². The third-order valence-corrected chi connectivity index (χ3v) is 2.92. The van der Waals surface area contributed by atoms with Crippen molar-refractivity contribution in [3.63, 3.8) is 0 Å². The minimum absolute atomic E-state index is 0.477. The molecule has 0 bridgehead atoms. The molecule has 0 amide bonds. The normalized spacial score (nSPS) is 29.4. The van der Waals surface area contributed by atoms with Crippen LogP contribution in [0.25, 0.3) is 0 Å². The number of methoxy groups -OCH3 is 2. The van der Waals surface area contributed by atoms with Crippen LogP contribution in [0.5, 0.6) is 0 Å². The number of ether oxygens (including phenoxy) is 2. The van der Waals surface area contributed by atoms with E-state index in [1.165, 1.54) is 12.8 Å². The molecule has 0 aromatic heterocycles. The van der Waals surface area contributed by atoms with Crippen molar-refractivity contribution in [2.45, 2.75) is 38.3 Å². The molecule has 0 radical (unpaired) electrons. The number of hydrogen-bond donors (Lipinski definition) is 1. The van der Waals surface area contributed by atoms with Crippen molar-refractivity contribution in [3.8, 4) is 0 Å². The molecule has 3 unspecified atom stereocenters. The van der Waals surface area contributed by atoms with Gasteiger partial charge in [-0.15, -0.1) is 0 Å². The summed E-state index contributed by atoms with van der Waals surface area (Å²) in [5.41, 5.74) is 0. The summed E-state index contributed by atoms with van der Waals surface area (Å²) in [6.45, 7) is 4.10. The fraction of sp³-hybridized carbons (Fsp3) is 1.00. The van der Waals surface area contributed by atoms with Gasteiger partial charge >= 0.3 is 0 Å². The molecule has 0 heterocycles. The highest BCUT2D eigenvalue weighted by atomic mass is 16.5. The Morgan fingerprint density at radius 1 is 1.36 bits per heavy atom. The van der Waals surface area contributed by atoms with Crippen LogP contribution in [0.15, 0.2) is 0 Å². The van der Waals surface area contributed by atoms with Crippen LogP contribution in [0.1, 0.15) is 26.2 Å². The smallest absolute Gasteiger partial charge is 0.0586 e. The molecule has 1 N–H and O–H groups in total. The van der Waals surface area contributed by atoms with E-state index in [0.29, 0.717) is 18.1 Å². The second kappa shape index (κ2) is 6.38. The highest BCUT2D eigenvalue weighted by Gasteiger charge is 2.23. The van der Waals surface area contributed by atoms with E-state index in [0.717, 1.165) is 19.6 Å². The van der Waals surface area contributed by atoms with Gasteiger partial charge in [0.25, 0.3) is 0 Å². The molecule has 14 heavy (non-hydrogen) atoms. The monoisotopic (exact) mass is 201 g/mol. The zero-order valence-electron chi connectivity index (χ0n) is 9.58. The minimum atomic E-state index is 0.477. The topological polar surface area (TPSA) is 30.5 Å². The van der Waals surface area contributed by atoms with E-state index in [4.69, 9.17) is 9.47 Å². The lowest BCUT2D eigenvalue weighted by Gasteiger charge is -2.16. The lowest BCUT2D eigenvalue weighted by Crippen LogP contribution is -2.32. The van der Waals surface area contributed by atoms with Gasteiger partial charge in [-0.2, -0.15) is 0 Å². The van der Waals surface area contributed by atoms with E-state index in [1.807, 2.05) is 0 Å². The summed E-state index contributed by atoms with van der Waals surface area (Å²) in [4.78, 5) is 0. The van der Waals surface area contributed by atoms with E-state index in [2.05, 4.69) is 12.2 Å². The van der Waals surface area contributed by atoms with Gasteiger partial charge in [0.2, 0.25) is 0 Å². The molecule has 3 nitrogen and oxygen atoms in total. The first-order valence-corrected chi connectivity index (χ1v) is 5.51. The van der Waals surface area contributed by atoms with Gasteiger partial charge < -0.3 is 14.8 Å². The van der Waals surface area contributed by atoms with Gasteiger partial charge in [0.1, 0.15) is 0 Å². The standard InChI is InChI=1S/C11H23NO2/c1-9(8-13-2)7-12-10-4-5-11(6-10)14-3/h9-12H,4-8H2,1-3H3. The molecule has 1 saturated carbocycles. The molecule has 0 aromatic carbocycles. The van der Waals surface area contributed by atoms with Gasteiger partial charge in [-0.05, 0) is 25.2 Å². The molecule has 0 spiro atoms. The van der Waals surface area contributed by atoms with E-state index < -0.39 is 0 Å². The molecule has 1 fully saturated rings. The van der Waals surface area contributed by atoms with Crippen LogP contribution in [0.4, 0.5) is 0 Å². The van der Waals surface area contributed by atoms with Crippen LogP contribution in [0.2, 0.25) is 0 Å². The van der Waals surface area contributed by atoms with Gasteiger partial charge in [-0.1, -0.05) is 6.92 Å². The van der Waals surface area contributed by atoms with Gasteiger partial charge in [-0.3, -0.25) is 0 Å². The van der Waals surface area contributed by atoms with Gasteiger partial charge in [0.05, 0.1) is 6.10 Å². The minimum Gasteiger partial charge on any atom is -0.384 e. The van der Waals surface area contributed by atoms with Gasteiger partial charge in [0.15, 0.2) is 0 Å². The fourth-order valence-electron chi connectivity index (χ4n) is 2.05. The molecule has 3 heteroatoms. The number of nitrogens with one attached hydrogen (secondary N) is 1. The van der Waals surface area contributed by atoms with Crippen LogP contribution in [0.3, 0.4) is 0 Å². The van der Waals surface area contributed by atoms with E-state index in [1.54, 1.807) is 14.2 Å². The maximum Gasteiger partial charge on any atom is 0.0586 e. The Balaban J connectivity index is 2.07. The van der Waals surface area contributed by atoms with Crippen molar-refractivity contribution in [1.82, 2.24) is 5.32 Å². The maximum absolute atomic E-state index is 5.33. The van der Waals surface area contributed by atoms with Crippen molar-refractivity contribution < 1.29 is 9.47 Å². The fourth-order valence-corrected chi connectivity index (χ4v) is 2.05. The van der Waals surface area contributed by atoms with Gasteiger partial charge in [0, 0.05) is 33.4 Å². The number of rotatable bonds is 6. The Labute approximate surface area is 87.2 Å². The molecule has 1 aliphatic carbocycles. The highest BCUT2D eigenvalue weighted by molar-refractivity contribution is 4.81. The summed E-state index contributed by atoms with van der Waals surface area (Å²) in [6, 6.07) is 0.652. The second-order valence-electron chi connectivity index (χ2n) is 4.34. The molecule has 0 saturated heterocycles. The Morgan fingerprint density at radius 3 is 2.71 bits per heavy atom. The zero-order valence-corrected chi connectivity index (χ0v) is 9.58. The Morgan fingerprint density at radius 2 is 2.14 bits per heavy atom. The molecular weight excluding hydrogens is 178 g/mol. The van der Waals surface area contributed by atoms with Crippen LogP contribution in [-0.2, 0) is 9.47 Å². The summed E-state index contributed by atoms with van der Waals surface area (Å²) in [7, 11) is 3.56. The second-order valence-corrected chi connectivity index (χ2v) is 4.34. The van der Waals surface area contributed by atoms with Crippen LogP contribution < -0.4 is 5.32 Å². The molecular formula is C11H23NO2. The van der Waals surface area contributed by atoms with Crippen LogP contribution >= 0.6 is 0 Å². The van der Waals surface area contributed by atoms with Crippen LogP contribution in [0, 0.1) is 5.92 Å². The summed E-state index contributed by atoms with van der Waals surface area (Å²) < 4.78 is 10.4. The predicted octanol–water partition coefficient (Wildman–Crippen LogP) is 1.43. The van der Waals surface area contributed by atoms with E-state index in [9.17, 15) is 0 Å². The molecule has 3 atom stereocenters. The lowest BCUT2D eigenvalue weighted by molar-refractivity contribution is 0.106. The third kappa shape index (κ3) is 3.95. The van der Waals surface area contributed by atoms with Crippen molar-refractivity contribution in [2.75, 3.05) is 27.4 Å². The zero-order chi connectivity index (χ0) is 10.4. The number of hydrogen-bond acceptors (Lipinski definition) is 3. The highest BCUT2D eigenvalue weighted by Crippen LogP contribution is 2.21. The van der Waals surface area contributed by atoms with Crippen LogP contribution in [-0.4, -0.2) is 39.5 Å². The Bertz CT molecular complexity index is 152. The first-order chi connectivity index (χ1) is 6.76. The van der Waals surface area contributed by atoms with Crippen molar-refractivity contribution in [3.05, 3.63) is 0 Å². The molecule has 0 aromatic rings. The maximum atomic E-state index is 5.33. The third-order valence-electron chi connectivity index (χ3n) is 2.92. The SMILES string of the molecule is COCC(C)CNC1CCC(OC)C1. The average molecular weight is 201 g/mol. The Kier molecular flexibility index (Phi) is 5.45. The molecule has 1 rings (SSSR count). The Hall–Kier alpha value is -0.120. The van der Waals surface area contributed by atoms with E-state index in [-0.39, 0.29) is 0 Å². The largest absolute Gasteiger partial charge is 0.384 e. The molecule has 1 aliphatic rings. The first-order valence-electron chi connectivity index (χ1n) is 5.51. The lowest BCUT2D eigenvalue weighted by atomic mass is 10.1. The van der Waals surface area contributed by atoms with Crippen molar-refractivity contribution >= 4 is 0 Å². The quantitative estimate of drug-likeness (QED) is 0.705.